The van der Waals surface area contributed by atoms with Gasteiger partial charge in [0, 0.05) is 37.5 Å². The van der Waals surface area contributed by atoms with Gasteiger partial charge in [-0.15, -0.1) is 18.3 Å². The van der Waals surface area contributed by atoms with E-state index in [1.807, 2.05) is 80.5 Å². The van der Waals surface area contributed by atoms with E-state index in [4.69, 9.17) is 0 Å². The Labute approximate surface area is 263 Å². The molecule has 1 heterocycles. The number of carbonyl (C=O) groups is 3. The molecule has 0 spiro atoms. The highest BCUT2D eigenvalue weighted by atomic mass is 32.2. The number of aliphatic hydroxyl groups excluding tert-OH is 1. The van der Waals surface area contributed by atoms with Crippen LogP contribution in [-0.4, -0.2) is 81.3 Å². The predicted molar refractivity (Wildman–Crippen MR) is 174 cm³/mol. The molecule has 10 heteroatoms. The van der Waals surface area contributed by atoms with Gasteiger partial charge in [0.05, 0.1) is 17.3 Å². The Hall–Kier alpha value is -4.28. The zero-order chi connectivity index (χ0) is 32.0. The molecule has 0 bridgehead atoms. The van der Waals surface area contributed by atoms with Crippen LogP contribution in [0.5, 0.6) is 5.75 Å². The number of phenols is 1. The van der Waals surface area contributed by atoms with E-state index in [1.165, 1.54) is 28.8 Å². The van der Waals surface area contributed by atoms with Crippen molar-refractivity contribution < 1.29 is 24.6 Å². The summed E-state index contributed by atoms with van der Waals surface area (Å²) in [5, 5.41) is 24.2. The molecule has 1 saturated heterocycles. The van der Waals surface area contributed by atoms with Gasteiger partial charge >= 0.3 is 0 Å². The van der Waals surface area contributed by atoms with E-state index >= 15 is 0 Å². The molecule has 0 radical (unpaired) electrons. The number of nitrogens with zero attached hydrogens (tertiary/aromatic N) is 3. The Morgan fingerprint density at radius 2 is 1.77 bits per heavy atom. The first-order valence-corrected chi connectivity index (χ1v) is 15.5. The number of hydrogen-bond donors (Lipinski definition) is 3. The average Bonchev–Trinajstić information content (AvgIpc) is 3.13. The molecular weight excluding hydrogens is 576 g/mol. The molecule has 1 fully saturated rings. The van der Waals surface area contributed by atoms with Gasteiger partial charge in [-0.1, -0.05) is 54.6 Å². The lowest BCUT2D eigenvalue weighted by molar-refractivity contribution is -0.148. The Kier molecular flexibility index (Phi) is 10.7. The number of phenolic OH excluding ortho intramolecular Hbond substituents is 1. The number of nitrogens with one attached hydrogen (secondary N) is 1. The number of anilines is 1. The van der Waals surface area contributed by atoms with E-state index in [1.54, 1.807) is 24.0 Å². The van der Waals surface area contributed by atoms with Crippen molar-refractivity contribution in [1.82, 2.24) is 15.1 Å². The van der Waals surface area contributed by atoms with E-state index in [9.17, 15) is 24.6 Å². The number of aliphatic hydroxyl groups is 1. The Bertz CT molecular complexity index is 1500. The van der Waals surface area contributed by atoms with Crippen LogP contribution in [0, 0.1) is 6.92 Å². The molecule has 44 heavy (non-hydrogen) atoms. The third-order valence-electron chi connectivity index (χ3n) is 7.85. The van der Waals surface area contributed by atoms with Crippen LogP contribution in [0.1, 0.15) is 34.0 Å². The van der Waals surface area contributed by atoms with Crippen LogP contribution in [0.3, 0.4) is 0 Å². The van der Waals surface area contributed by atoms with Crippen molar-refractivity contribution in [2.24, 2.45) is 0 Å². The summed E-state index contributed by atoms with van der Waals surface area (Å²) < 4.78 is 0. The second-order valence-electron chi connectivity index (χ2n) is 11.1. The van der Waals surface area contributed by atoms with Crippen molar-refractivity contribution in [3.63, 3.8) is 0 Å². The number of rotatable bonds is 10. The lowest BCUT2D eigenvalue weighted by Crippen LogP contribution is -2.56. The summed E-state index contributed by atoms with van der Waals surface area (Å²) in [6, 6.07) is 19.7. The maximum atomic E-state index is 14.0. The van der Waals surface area contributed by atoms with Crippen LogP contribution >= 0.6 is 11.8 Å². The van der Waals surface area contributed by atoms with Gasteiger partial charge in [-0.2, -0.15) is 0 Å². The highest BCUT2D eigenvalue weighted by molar-refractivity contribution is 7.99. The quantitative estimate of drug-likeness (QED) is 0.296. The van der Waals surface area contributed by atoms with Gasteiger partial charge in [-0.25, -0.2) is 0 Å². The van der Waals surface area contributed by atoms with Crippen LogP contribution in [0.2, 0.25) is 0 Å². The van der Waals surface area contributed by atoms with Gasteiger partial charge in [-0.05, 0) is 55.7 Å². The van der Waals surface area contributed by atoms with Crippen LogP contribution in [0.15, 0.2) is 85.5 Å². The molecule has 1 aliphatic heterocycles. The molecule has 0 aliphatic carbocycles. The summed E-state index contributed by atoms with van der Waals surface area (Å²) in [6.07, 6.45) is -0.0721. The van der Waals surface area contributed by atoms with Gasteiger partial charge < -0.3 is 30.2 Å². The Morgan fingerprint density at radius 1 is 1.09 bits per heavy atom. The zero-order valence-corrected chi connectivity index (χ0v) is 26.3. The van der Waals surface area contributed by atoms with E-state index in [0.29, 0.717) is 12.1 Å². The number of carbonyl (C=O) groups excluding carboxylic acids is 3. The van der Waals surface area contributed by atoms with E-state index in [2.05, 4.69) is 11.9 Å². The molecule has 0 aromatic heterocycles. The summed E-state index contributed by atoms with van der Waals surface area (Å²) in [6.45, 7) is 7.74. The first-order chi connectivity index (χ1) is 21.0. The monoisotopic (exact) mass is 616 g/mol. The molecule has 3 aromatic carbocycles. The molecule has 1 unspecified atom stereocenters. The van der Waals surface area contributed by atoms with Crippen molar-refractivity contribution in [3.8, 4) is 5.75 Å². The van der Waals surface area contributed by atoms with Crippen molar-refractivity contribution in [2.75, 3.05) is 24.9 Å². The van der Waals surface area contributed by atoms with Gasteiger partial charge in [0.2, 0.25) is 0 Å². The van der Waals surface area contributed by atoms with Crippen molar-refractivity contribution in [1.29, 1.82) is 0 Å². The Balaban J connectivity index is 1.59. The molecule has 9 nitrogen and oxygen atoms in total. The summed E-state index contributed by atoms with van der Waals surface area (Å²) in [5.74, 6) is -1.41. The standard InChI is InChI=1S/C34H40N4O5S/c1-6-29-33(42)37(20-25-14-10-15-26(18-25)36(4)5)23(3)44-21-38(29)34(43)31(40)28(19-24-12-8-7-9-13-24)35-32(41)27-16-11-17-30(39)22(27)2/h6-18,23,28-29,31,39-40H,1,19-21H2,2-5H3,(H,35,41)/t23?,28-,29-,31-/m0/s1. The molecule has 0 saturated carbocycles. The average molecular weight is 617 g/mol. The van der Waals surface area contributed by atoms with Gasteiger partial charge in [0.1, 0.15) is 11.8 Å². The summed E-state index contributed by atoms with van der Waals surface area (Å²) in [7, 11) is 3.91. The molecule has 232 valence electrons. The highest BCUT2D eigenvalue weighted by Gasteiger charge is 2.41. The first kappa shape index (κ1) is 32.6. The van der Waals surface area contributed by atoms with Crippen LogP contribution < -0.4 is 10.2 Å². The van der Waals surface area contributed by atoms with Crippen LogP contribution in [0.25, 0.3) is 0 Å². The first-order valence-electron chi connectivity index (χ1n) is 14.4. The molecular formula is C34H40N4O5S. The Morgan fingerprint density at radius 3 is 2.45 bits per heavy atom. The normalized spacial score (nSPS) is 18.2. The van der Waals surface area contributed by atoms with Crippen LogP contribution in [0.4, 0.5) is 5.69 Å². The van der Waals surface area contributed by atoms with Gasteiger partial charge in [-0.3, -0.25) is 14.4 Å². The molecule has 3 amide bonds. The largest absolute Gasteiger partial charge is 0.508 e. The minimum absolute atomic E-state index is 0.0325. The summed E-state index contributed by atoms with van der Waals surface area (Å²) in [5.41, 5.74) is 3.38. The molecule has 1 aliphatic rings. The van der Waals surface area contributed by atoms with E-state index in [-0.39, 0.29) is 34.9 Å². The van der Waals surface area contributed by atoms with Gasteiger partial charge in [0.15, 0.2) is 6.10 Å². The lowest BCUT2D eigenvalue weighted by Gasteiger charge is -2.32. The minimum atomic E-state index is -1.66. The summed E-state index contributed by atoms with van der Waals surface area (Å²) in [4.78, 5) is 46.3. The fourth-order valence-corrected chi connectivity index (χ4v) is 6.20. The number of hydrogen-bond acceptors (Lipinski definition) is 7. The van der Waals surface area contributed by atoms with Crippen molar-refractivity contribution in [3.05, 3.63) is 108 Å². The van der Waals surface area contributed by atoms with E-state index < -0.39 is 30.0 Å². The third kappa shape index (κ3) is 7.43. The highest BCUT2D eigenvalue weighted by Crippen LogP contribution is 2.29. The number of benzene rings is 3. The molecule has 3 aromatic rings. The summed E-state index contributed by atoms with van der Waals surface area (Å²) >= 11 is 1.41. The fourth-order valence-electron chi connectivity index (χ4n) is 5.17. The fraction of sp³-hybridized carbons (Fsp3) is 0.324. The smallest absolute Gasteiger partial charge is 0.255 e. The number of aromatic hydroxyl groups is 1. The molecule has 4 rings (SSSR count). The second kappa shape index (κ2) is 14.5. The van der Waals surface area contributed by atoms with Crippen LogP contribution in [-0.2, 0) is 22.6 Å². The zero-order valence-electron chi connectivity index (χ0n) is 25.5. The van der Waals surface area contributed by atoms with Crippen molar-refractivity contribution in [2.45, 2.75) is 50.4 Å². The van der Waals surface area contributed by atoms with Crippen molar-refractivity contribution >= 4 is 35.2 Å². The number of thioether (sulfide) groups is 1. The second-order valence-corrected chi connectivity index (χ2v) is 12.4. The number of amides is 3. The van der Waals surface area contributed by atoms with Gasteiger partial charge in [0.25, 0.3) is 17.7 Å². The third-order valence-corrected chi connectivity index (χ3v) is 9.01. The lowest BCUT2D eigenvalue weighted by atomic mass is 9.98. The van der Waals surface area contributed by atoms with E-state index in [0.717, 1.165) is 16.8 Å². The molecule has 4 atom stereocenters. The predicted octanol–water partition coefficient (Wildman–Crippen LogP) is 3.93. The topological polar surface area (TPSA) is 113 Å². The SMILES string of the molecule is C=C[C@H]1C(=O)N(Cc2cccc(N(C)C)c2)C(C)SCN1C(=O)[C@@H](O)[C@H](Cc1ccccc1)NC(=O)c1cccc(O)c1C. The minimum Gasteiger partial charge on any atom is -0.508 e. The maximum absolute atomic E-state index is 14.0. The molecule has 3 N–H and O–H groups in total. The maximum Gasteiger partial charge on any atom is 0.255 e.